The highest BCUT2D eigenvalue weighted by atomic mass is 19.4. The van der Waals surface area contributed by atoms with Crippen LogP contribution in [0.2, 0.25) is 0 Å². The number of alkyl halides is 3. The van der Waals surface area contributed by atoms with Gasteiger partial charge in [0, 0.05) is 57.9 Å². The first-order chi connectivity index (χ1) is 16.2. The number of amides is 2. The van der Waals surface area contributed by atoms with E-state index in [2.05, 4.69) is 0 Å². The van der Waals surface area contributed by atoms with Crippen LogP contribution in [0.15, 0.2) is 42.6 Å². The first-order valence-corrected chi connectivity index (χ1v) is 11.1. The summed E-state index contributed by atoms with van der Waals surface area (Å²) in [4.78, 5) is 29.2. The Balaban J connectivity index is 2.23. The first-order valence-electron chi connectivity index (χ1n) is 11.1. The summed E-state index contributed by atoms with van der Waals surface area (Å²) in [5, 5.41) is 0. The van der Waals surface area contributed by atoms with Crippen molar-refractivity contribution in [2.45, 2.75) is 26.1 Å². The van der Waals surface area contributed by atoms with E-state index >= 15 is 0 Å². The van der Waals surface area contributed by atoms with Crippen molar-refractivity contribution in [1.29, 1.82) is 0 Å². The van der Waals surface area contributed by atoms with Gasteiger partial charge in [-0.25, -0.2) is 0 Å². The van der Waals surface area contributed by atoms with E-state index in [1.165, 1.54) is 24.1 Å². The number of hydrogen-bond donors (Lipinski definition) is 0. The maximum Gasteiger partial charge on any atom is 0.416 e. The molecule has 0 atom stereocenters. The summed E-state index contributed by atoms with van der Waals surface area (Å²) in [5.74, 6) is -0.962. The van der Waals surface area contributed by atoms with Gasteiger partial charge in [-0.05, 0) is 43.7 Å². The molecule has 1 heterocycles. The highest BCUT2D eigenvalue weighted by molar-refractivity contribution is 5.96. The van der Waals surface area contributed by atoms with Crippen LogP contribution in [0.25, 0.3) is 0 Å². The smallest absolute Gasteiger partial charge is 0.383 e. The Morgan fingerprint density at radius 1 is 1.06 bits per heavy atom. The van der Waals surface area contributed by atoms with Gasteiger partial charge < -0.3 is 23.8 Å². The molecule has 0 aliphatic heterocycles. The fourth-order valence-corrected chi connectivity index (χ4v) is 3.38. The van der Waals surface area contributed by atoms with Gasteiger partial charge in [0.25, 0.3) is 5.91 Å². The number of carbonyl (C=O) groups is 2. The van der Waals surface area contributed by atoms with Gasteiger partial charge >= 0.3 is 6.18 Å². The lowest BCUT2D eigenvalue weighted by Gasteiger charge is -2.28. The monoisotopic (exact) mass is 483 g/mol. The summed E-state index contributed by atoms with van der Waals surface area (Å²) in [7, 11) is 3.40. The Bertz CT molecular complexity index is 930. The summed E-state index contributed by atoms with van der Waals surface area (Å²) >= 11 is 0. The van der Waals surface area contributed by atoms with Crippen molar-refractivity contribution in [2.24, 2.45) is 7.05 Å². The van der Waals surface area contributed by atoms with E-state index in [4.69, 9.17) is 9.47 Å². The standard InChI is InChI=1S/C24H32F3N3O4/c1-4-34-14-7-12-30(23(32)19-8-5-9-20(16-19)24(25,26)27)18-22(31)29(13-15-33-3)17-21-10-6-11-28(21)2/h5-6,8-11,16H,4,7,12-15,17-18H2,1-3H3. The molecule has 7 nitrogen and oxygen atoms in total. The molecule has 2 aromatic rings. The Kier molecular flexibility index (Phi) is 10.6. The van der Waals surface area contributed by atoms with Crippen molar-refractivity contribution in [3.8, 4) is 0 Å². The molecule has 0 saturated carbocycles. The molecule has 0 saturated heterocycles. The third-order valence-electron chi connectivity index (χ3n) is 5.29. The second kappa shape index (κ2) is 13.1. The largest absolute Gasteiger partial charge is 0.416 e. The van der Waals surface area contributed by atoms with Crippen molar-refractivity contribution in [2.75, 3.05) is 46.6 Å². The predicted octanol–water partition coefficient (Wildman–Crippen LogP) is 3.59. The van der Waals surface area contributed by atoms with Crippen LogP contribution < -0.4 is 0 Å². The molecule has 0 radical (unpaired) electrons. The molecule has 0 spiro atoms. The van der Waals surface area contributed by atoms with E-state index in [0.717, 1.165) is 17.8 Å². The Morgan fingerprint density at radius 3 is 2.44 bits per heavy atom. The van der Waals surface area contributed by atoms with Crippen LogP contribution >= 0.6 is 0 Å². The van der Waals surface area contributed by atoms with Crippen molar-refractivity contribution in [1.82, 2.24) is 14.4 Å². The van der Waals surface area contributed by atoms with E-state index < -0.39 is 17.6 Å². The molecular formula is C24H32F3N3O4. The van der Waals surface area contributed by atoms with Crippen molar-refractivity contribution < 1.29 is 32.2 Å². The highest BCUT2D eigenvalue weighted by Crippen LogP contribution is 2.29. The molecule has 0 aliphatic carbocycles. The highest BCUT2D eigenvalue weighted by Gasteiger charge is 2.31. The van der Waals surface area contributed by atoms with Crippen LogP contribution in [0.3, 0.4) is 0 Å². The van der Waals surface area contributed by atoms with E-state index in [0.29, 0.717) is 39.3 Å². The van der Waals surface area contributed by atoms with Gasteiger partial charge in [0.1, 0.15) is 6.54 Å². The molecule has 188 valence electrons. The minimum absolute atomic E-state index is 0.120. The van der Waals surface area contributed by atoms with Gasteiger partial charge in [-0.3, -0.25) is 9.59 Å². The molecule has 34 heavy (non-hydrogen) atoms. The van der Waals surface area contributed by atoms with Gasteiger partial charge in [-0.1, -0.05) is 6.07 Å². The Morgan fingerprint density at radius 2 is 1.82 bits per heavy atom. The number of carbonyl (C=O) groups excluding carboxylic acids is 2. The summed E-state index contributed by atoms with van der Waals surface area (Å²) in [6.45, 7) is 3.55. The Hall–Kier alpha value is -2.85. The molecule has 0 N–H and O–H groups in total. The molecule has 0 unspecified atom stereocenters. The molecule has 1 aromatic carbocycles. The molecule has 2 amide bonds. The maximum absolute atomic E-state index is 13.2. The molecule has 2 rings (SSSR count). The number of rotatable bonds is 13. The van der Waals surface area contributed by atoms with Gasteiger partial charge in [0.15, 0.2) is 0 Å². The van der Waals surface area contributed by atoms with Crippen molar-refractivity contribution in [3.63, 3.8) is 0 Å². The van der Waals surface area contributed by atoms with Gasteiger partial charge in [-0.15, -0.1) is 0 Å². The van der Waals surface area contributed by atoms with E-state index in [-0.39, 0.29) is 24.6 Å². The lowest BCUT2D eigenvalue weighted by molar-refractivity contribution is -0.137. The molecular weight excluding hydrogens is 451 g/mol. The number of aryl methyl sites for hydroxylation is 1. The van der Waals surface area contributed by atoms with Crippen molar-refractivity contribution in [3.05, 3.63) is 59.4 Å². The number of nitrogens with zero attached hydrogens (tertiary/aromatic N) is 3. The van der Waals surface area contributed by atoms with Crippen LogP contribution in [0.4, 0.5) is 13.2 Å². The second-order valence-corrected chi connectivity index (χ2v) is 7.77. The Labute approximate surface area is 198 Å². The SMILES string of the molecule is CCOCCCN(CC(=O)N(CCOC)Cc1cccn1C)C(=O)c1cccc(C(F)(F)F)c1. The maximum atomic E-state index is 13.2. The second-order valence-electron chi connectivity index (χ2n) is 7.77. The molecule has 10 heteroatoms. The van der Waals surface area contributed by atoms with Gasteiger partial charge in [0.2, 0.25) is 5.91 Å². The zero-order chi connectivity index (χ0) is 25.1. The number of aromatic nitrogens is 1. The van der Waals surface area contributed by atoms with Crippen molar-refractivity contribution >= 4 is 11.8 Å². The zero-order valence-electron chi connectivity index (χ0n) is 19.8. The number of halogens is 3. The molecule has 1 aromatic heterocycles. The number of methoxy groups -OCH3 is 1. The van der Waals surface area contributed by atoms with Crippen LogP contribution in [-0.4, -0.2) is 72.7 Å². The fourth-order valence-electron chi connectivity index (χ4n) is 3.38. The number of ether oxygens (including phenoxy) is 2. The van der Waals surface area contributed by atoms with E-state index in [1.807, 2.05) is 36.9 Å². The summed E-state index contributed by atoms with van der Waals surface area (Å²) < 4.78 is 51.8. The molecule has 0 aliphatic rings. The predicted molar refractivity (Wildman–Crippen MR) is 121 cm³/mol. The summed E-state index contributed by atoms with van der Waals surface area (Å²) in [6, 6.07) is 8.00. The normalized spacial score (nSPS) is 11.5. The third kappa shape index (κ3) is 8.18. The summed E-state index contributed by atoms with van der Waals surface area (Å²) in [6.07, 6.45) is -2.26. The summed E-state index contributed by atoms with van der Waals surface area (Å²) in [5.41, 5.74) is -0.133. The van der Waals surface area contributed by atoms with Crippen LogP contribution in [0, 0.1) is 0 Å². The van der Waals surface area contributed by atoms with Crippen LogP contribution in [-0.2, 0) is 34.0 Å². The molecule has 0 fully saturated rings. The average Bonchev–Trinajstić information content (AvgIpc) is 3.21. The lowest BCUT2D eigenvalue weighted by Crippen LogP contribution is -2.44. The first kappa shape index (κ1) is 27.4. The van der Waals surface area contributed by atoms with E-state index in [9.17, 15) is 22.8 Å². The van der Waals surface area contributed by atoms with Crippen LogP contribution in [0.5, 0.6) is 0 Å². The fraction of sp³-hybridized carbons (Fsp3) is 0.500. The topological polar surface area (TPSA) is 64.0 Å². The quantitative estimate of drug-likeness (QED) is 0.409. The minimum Gasteiger partial charge on any atom is -0.383 e. The van der Waals surface area contributed by atoms with Gasteiger partial charge in [-0.2, -0.15) is 13.2 Å². The lowest BCUT2D eigenvalue weighted by atomic mass is 10.1. The van der Waals surface area contributed by atoms with Gasteiger partial charge in [0.05, 0.1) is 18.7 Å². The zero-order valence-corrected chi connectivity index (χ0v) is 19.8. The minimum atomic E-state index is -4.57. The average molecular weight is 484 g/mol. The number of hydrogen-bond acceptors (Lipinski definition) is 4. The number of benzene rings is 1. The van der Waals surface area contributed by atoms with E-state index in [1.54, 1.807) is 4.90 Å². The molecule has 0 bridgehead atoms. The van der Waals surface area contributed by atoms with Crippen LogP contribution in [0.1, 0.15) is 35.0 Å². The third-order valence-corrected chi connectivity index (χ3v) is 5.29.